The summed E-state index contributed by atoms with van der Waals surface area (Å²) in [5, 5.41) is 33.0. The number of allylic oxidation sites excluding steroid dienone is 6. The first-order valence-electron chi connectivity index (χ1n) is 15.3. The van der Waals surface area contributed by atoms with Crippen LogP contribution in [0.15, 0.2) is 36.5 Å². The molecule has 0 heterocycles. The van der Waals surface area contributed by atoms with E-state index in [9.17, 15) is 20.1 Å². The second kappa shape index (κ2) is 27.6. The van der Waals surface area contributed by atoms with Crippen LogP contribution in [0, 0.1) is 0 Å². The number of aliphatic hydroxyl groups is 3. The molecular formula is C32H59NO4. The van der Waals surface area contributed by atoms with Crippen molar-refractivity contribution in [2.24, 2.45) is 0 Å². The fraction of sp³-hybridized carbons (Fsp3) is 0.781. The van der Waals surface area contributed by atoms with Crippen molar-refractivity contribution in [3.05, 3.63) is 36.5 Å². The summed E-state index contributed by atoms with van der Waals surface area (Å²) in [7, 11) is 0. The number of nitrogens with one attached hydrogen (secondary N) is 1. The average molecular weight is 522 g/mol. The molecule has 0 saturated heterocycles. The Morgan fingerprint density at radius 3 is 1.73 bits per heavy atom. The zero-order chi connectivity index (χ0) is 27.4. The number of carbonyl (C=O) groups excluding carboxylic acids is 1. The van der Waals surface area contributed by atoms with Crippen LogP contribution in [0.2, 0.25) is 0 Å². The largest absolute Gasteiger partial charge is 0.394 e. The van der Waals surface area contributed by atoms with Crippen molar-refractivity contribution in [2.45, 2.75) is 154 Å². The van der Waals surface area contributed by atoms with Gasteiger partial charge in [0.2, 0.25) is 5.91 Å². The van der Waals surface area contributed by atoms with Gasteiger partial charge in [0, 0.05) is 6.42 Å². The average Bonchev–Trinajstić information content (AvgIpc) is 2.90. The highest BCUT2D eigenvalue weighted by molar-refractivity contribution is 5.76. The van der Waals surface area contributed by atoms with E-state index in [1.165, 1.54) is 51.4 Å². The Balaban J connectivity index is 3.87. The second-order valence-corrected chi connectivity index (χ2v) is 10.3. The molecule has 1 amide bonds. The van der Waals surface area contributed by atoms with E-state index in [1.807, 2.05) is 0 Å². The fourth-order valence-corrected chi connectivity index (χ4v) is 4.21. The van der Waals surface area contributed by atoms with Gasteiger partial charge in [-0.25, -0.2) is 0 Å². The molecule has 0 aromatic carbocycles. The summed E-state index contributed by atoms with van der Waals surface area (Å²) in [4.78, 5) is 12.2. The van der Waals surface area contributed by atoms with Gasteiger partial charge in [-0.2, -0.15) is 0 Å². The van der Waals surface area contributed by atoms with Crippen LogP contribution in [0.1, 0.15) is 136 Å². The predicted molar refractivity (Wildman–Crippen MR) is 158 cm³/mol. The summed E-state index contributed by atoms with van der Waals surface area (Å²) >= 11 is 0. The number of hydrogen-bond donors (Lipinski definition) is 4. The van der Waals surface area contributed by atoms with Gasteiger partial charge >= 0.3 is 0 Å². The summed E-state index contributed by atoms with van der Waals surface area (Å²) in [6, 6.07) is -0.832. The lowest BCUT2D eigenvalue weighted by atomic mass is 10.0. The molecule has 0 aliphatic heterocycles. The quantitative estimate of drug-likeness (QED) is 0.0710. The molecule has 0 aliphatic rings. The predicted octanol–water partition coefficient (Wildman–Crippen LogP) is 7.31. The van der Waals surface area contributed by atoms with Crippen molar-refractivity contribution in [1.29, 1.82) is 0 Å². The molecule has 0 fully saturated rings. The van der Waals surface area contributed by atoms with Crippen molar-refractivity contribution in [2.75, 3.05) is 6.61 Å². The van der Waals surface area contributed by atoms with Crippen LogP contribution < -0.4 is 5.32 Å². The van der Waals surface area contributed by atoms with Gasteiger partial charge in [0.25, 0.3) is 0 Å². The molecule has 216 valence electrons. The minimum Gasteiger partial charge on any atom is -0.394 e. The third kappa shape index (κ3) is 23.4. The van der Waals surface area contributed by atoms with Crippen LogP contribution in [0.5, 0.6) is 0 Å². The normalized spacial score (nSPS) is 14.6. The van der Waals surface area contributed by atoms with Crippen LogP contribution in [0.3, 0.4) is 0 Å². The first kappa shape index (κ1) is 35.6. The molecule has 0 aromatic rings. The third-order valence-corrected chi connectivity index (χ3v) is 6.69. The van der Waals surface area contributed by atoms with E-state index < -0.39 is 18.2 Å². The van der Waals surface area contributed by atoms with Crippen molar-refractivity contribution in [1.82, 2.24) is 5.32 Å². The molecule has 0 aliphatic carbocycles. The van der Waals surface area contributed by atoms with Gasteiger partial charge in [-0.3, -0.25) is 4.79 Å². The zero-order valence-corrected chi connectivity index (χ0v) is 24.1. The molecule has 0 aromatic heterocycles. The highest BCUT2D eigenvalue weighted by atomic mass is 16.3. The molecule has 4 N–H and O–H groups in total. The molecule has 5 heteroatoms. The first-order chi connectivity index (χ1) is 18.1. The Kier molecular flexibility index (Phi) is 26.5. The molecule has 0 radical (unpaired) electrons. The van der Waals surface area contributed by atoms with Crippen molar-refractivity contribution in [3.8, 4) is 0 Å². The molecule has 3 atom stereocenters. The van der Waals surface area contributed by atoms with Crippen LogP contribution in [0.25, 0.3) is 0 Å². The number of amides is 1. The Bertz CT molecular complexity index is 587. The van der Waals surface area contributed by atoms with Gasteiger partial charge in [-0.05, 0) is 70.6 Å². The highest BCUT2D eigenvalue weighted by Gasteiger charge is 2.26. The summed E-state index contributed by atoms with van der Waals surface area (Å²) in [6.07, 6.45) is 30.9. The monoisotopic (exact) mass is 521 g/mol. The second-order valence-electron chi connectivity index (χ2n) is 10.3. The van der Waals surface area contributed by atoms with E-state index in [2.05, 4.69) is 55.6 Å². The lowest BCUT2D eigenvalue weighted by molar-refractivity contribution is -0.124. The molecule has 0 bridgehead atoms. The molecule has 0 rings (SSSR count). The van der Waals surface area contributed by atoms with Crippen molar-refractivity contribution >= 4 is 5.91 Å². The van der Waals surface area contributed by atoms with Crippen molar-refractivity contribution in [3.63, 3.8) is 0 Å². The summed E-state index contributed by atoms with van der Waals surface area (Å²) in [5.41, 5.74) is 0. The van der Waals surface area contributed by atoms with Gasteiger partial charge in [-0.15, -0.1) is 0 Å². The van der Waals surface area contributed by atoms with Gasteiger partial charge in [-0.1, -0.05) is 95.2 Å². The fourth-order valence-electron chi connectivity index (χ4n) is 4.21. The standard InChI is InChI=1S/C32H59NO4/c1-3-5-7-9-11-13-15-17-19-21-23-25-27-31(36)33-29(28-34)32(37)30(35)26-24-22-20-18-16-14-12-10-8-6-4-2/h10-13,18,20,29-30,32,34-35,37H,3-9,14-17,19,21-28H2,1-2H3,(H,33,36)/b12-10+,13-11-,20-18+. The van der Waals surface area contributed by atoms with Crippen LogP contribution in [-0.2, 0) is 4.79 Å². The Labute approximate surface area is 228 Å². The number of rotatable bonds is 26. The molecule has 0 spiro atoms. The maximum Gasteiger partial charge on any atom is 0.220 e. The smallest absolute Gasteiger partial charge is 0.220 e. The number of unbranched alkanes of at least 4 members (excludes halogenated alkanes) is 12. The van der Waals surface area contributed by atoms with E-state index in [1.54, 1.807) is 0 Å². The minimum absolute atomic E-state index is 0.174. The number of hydrogen-bond acceptors (Lipinski definition) is 4. The van der Waals surface area contributed by atoms with E-state index >= 15 is 0 Å². The van der Waals surface area contributed by atoms with Crippen LogP contribution in [-0.4, -0.2) is 46.1 Å². The Morgan fingerprint density at radius 1 is 0.649 bits per heavy atom. The highest BCUT2D eigenvalue weighted by Crippen LogP contribution is 2.12. The summed E-state index contributed by atoms with van der Waals surface area (Å²) in [6.45, 7) is 4.04. The lowest BCUT2D eigenvalue weighted by Crippen LogP contribution is -2.50. The van der Waals surface area contributed by atoms with Gasteiger partial charge in [0.1, 0.15) is 6.10 Å². The van der Waals surface area contributed by atoms with Crippen LogP contribution in [0.4, 0.5) is 0 Å². The van der Waals surface area contributed by atoms with E-state index in [4.69, 9.17) is 0 Å². The number of aliphatic hydroxyl groups excluding tert-OH is 3. The van der Waals surface area contributed by atoms with Crippen LogP contribution >= 0.6 is 0 Å². The summed E-state index contributed by atoms with van der Waals surface area (Å²) < 4.78 is 0. The topological polar surface area (TPSA) is 89.8 Å². The third-order valence-electron chi connectivity index (χ3n) is 6.69. The number of carbonyl (C=O) groups is 1. The minimum atomic E-state index is -1.17. The molecule has 0 saturated carbocycles. The van der Waals surface area contributed by atoms with E-state index in [0.29, 0.717) is 12.8 Å². The molecule has 37 heavy (non-hydrogen) atoms. The SMILES string of the molecule is CCCC/C=C/CC/C=C/CCCC(O)C(O)C(CO)NC(=O)CCCCCCC/C=C\CCCCC. The maximum absolute atomic E-state index is 12.2. The molecule has 3 unspecified atom stereocenters. The van der Waals surface area contributed by atoms with Gasteiger partial charge in [0.05, 0.1) is 18.8 Å². The molecular weight excluding hydrogens is 462 g/mol. The van der Waals surface area contributed by atoms with Gasteiger partial charge < -0.3 is 20.6 Å². The lowest BCUT2D eigenvalue weighted by Gasteiger charge is -2.26. The summed E-state index contributed by atoms with van der Waals surface area (Å²) in [5.74, 6) is -0.174. The van der Waals surface area contributed by atoms with Gasteiger partial charge in [0.15, 0.2) is 0 Å². The Hall–Kier alpha value is -1.43. The molecule has 5 nitrogen and oxygen atoms in total. The Morgan fingerprint density at radius 2 is 1.14 bits per heavy atom. The first-order valence-corrected chi connectivity index (χ1v) is 15.3. The van der Waals surface area contributed by atoms with E-state index in [0.717, 1.165) is 57.8 Å². The zero-order valence-electron chi connectivity index (χ0n) is 24.1. The van der Waals surface area contributed by atoms with E-state index in [-0.39, 0.29) is 12.5 Å². The van der Waals surface area contributed by atoms with Crippen molar-refractivity contribution < 1.29 is 20.1 Å². The maximum atomic E-state index is 12.2.